The van der Waals surface area contributed by atoms with Gasteiger partial charge in [-0.3, -0.25) is 0 Å². The highest BCUT2D eigenvalue weighted by Gasteiger charge is 2.12. The van der Waals surface area contributed by atoms with Crippen LogP contribution in [-0.4, -0.2) is 10.2 Å². The van der Waals surface area contributed by atoms with Gasteiger partial charge in [0.2, 0.25) is 0 Å². The lowest BCUT2D eigenvalue weighted by molar-refractivity contribution is 0.457. The predicted octanol–water partition coefficient (Wildman–Crippen LogP) is 7.58. The Kier molecular flexibility index (Phi) is 9.99. The fourth-order valence-electron chi connectivity index (χ4n) is 2.55. The fraction of sp³-hybridized carbons (Fsp3) is 0.429. The maximum Gasteiger partial charge on any atom is 0.119 e. The zero-order chi connectivity index (χ0) is 18.8. The second-order valence-electron chi connectivity index (χ2n) is 6.39. The van der Waals surface area contributed by atoms with Gasteiger partial charge in [-0.1, -0.05) is 67.1 Å². The van der Waals surface area contributed by atoms with Gasteiger partial charge < -0.3 is 10.2 Å². The average molecular weight is 428 g/mol. The Balaban J connectivity index is 0.000000324. The van der Waals surface area contributed by atoms with Crippen LogP contribution >= 0.6 is 27.5 Å². The third-order valence-electron chi connectivity index (χ3n) is 4.16. The van der Waals surface area contributed by atoms with Crippen LogP contribution in [0, 0.1) is 6.92 Å². The second-order valence-corrected chi connectivity index (χ2v) is 7.71. The van der Waals surface area contributed by atoms with Crippen LogP contribution in [0.15, 0.2) is 40.9 Å². The Morgan fingerprint density at radius 3 is 2.24 bits per heavy atom. The molecule has 0 aliphatic rings. The van der Waals surface area contributed by atoms with Gasteiger partial charge in [0, 0.05) is 9.50 Å². The third-order valence-corrected chi connectivity index (χ3v) is 5.09. The van der Waals surface area contributed by atoms with E-state index in [1.54, 1.807) is 30.3 Å². The van der Waals surface area contributed by atoms with E-state index in [0.29, 0.717) is 17.4 Å². The number of hydrogen-bond donors (Lipinski definition) is 2. The monoisotopic (exact) mass is 426 g/mol. The molecular formula is C21H28BrClO2. The molecule has 1 unspecified atom stereocenters. The average Bonchev–Trinajstić information content (AvgIpc) is 2.58. The molecule has 0 saturated heterocycles. The molecule has 2 N–H and O–H groups in total. The lowest BCUT2D eigenvalue weighted by Gasteiger charge is -2.15. The van der Waals surface area contributed by atoms with Gasteiger partial charge in [-0.15, -0.1) is 0 Å². The predicted molar refractivity (Wildman–Crippen MR) is 111 cm³/mol. The molecule has 0 bridgehead atoms. The van der Waals surface area contributed by atoms with E-state index in [2.05, 4.69) is 29.8 Å². The normalized spacial score (nSPS) is 11.6. The molecule has 2 aromatic carbocycles. The largest absolute Gasteiger partial charge is 0.508 e. The van der Waals surface area contributed by atoms with Crippen LogP contribution < -0.4 is 0 Å². The SMILES string of the molecule is CCCCCCC(C)c1cc(Cl)c(C)cc1O.Oc1ccc(Br)cc1. The number of aryl methyl sites for hydroxylation is 1. The smallest absolute Gasteiger partial charge is 0.119 e. The van der Waals surface area contributed by atoms with Crippen LogP contribution in [-0.2, 0) is 0 Å². The summed E-state index contributed by atoms with van der Waals surface area (Å²) in [5.41, 5.74) is 1.92. The van der Waals surface area contributed by atoms with Gasteiger partial charge in [0.05, 0.1) is 0 Å². The summed E-state index contributed by atoms with van der Waals surface area (Å²) in [6.07, 6.45) is 6.18. The Hall–Kier alpha value is -1.19. The number of phenolic OH excluding ortho intramolecular Hbond substituents is 2. The first-order valence-electron chi connectivity index (χ1n) is 8.78. The van der Waals surface area contributed by atoms with E-state index in [-0.39, 0.29) is 0 Å². The van der Waals surface area contributed by atoms with Crippen molar-refractivity contribution in [3.63, 3.8) is 0 Å². The minimum atomic E-state index is 0.299. The molecule has 138 valence electrons. The molecule has 4 heteroatoms. The number of halogens is 2. The van der Waals surface area contributed by atoms with E-state index in [4.69, 9.17) is 16.7 Å². The van der Waals surface area contributed by atoms with E-state index >= 15 is 0 Å². The maximum absolute atomic E-state index is 9.93. The van der Waals surface area contributed by atoms with Gasteiger partial charge in [0.15, 0.2) is 0 Å². The summed E-state index contributed by atoms with van der Waals surface area (Å²) in [7, 11) is 0. The number of unbranched alkanes of at least 4 members (excludes halogenated alkanes) is 3. The molecule has 2 nitrogen and oxygen atoms in total. The maximum atomic E-state index is 9.93. The summed E-state index contributed by atoms with van der Waals surface area (Å²) in [4.78, 5) is 0. The van der Waals surface area contributed by atoms with Crippen LogP contribution in [0.5, 0.6) is 11.5 Å². The van der Waals surface area contributed by atoms with E-state index in [0.717, 1.165) is 27.0 Å². The summed E-state index contributed by atoms with van der Waals surface area (Å²) in [5.74, 6) is 1.06. The molecule has 1 atom stereocenters. The van der Waals surface area contributed by atoms with Crippen molar-refractivity contribution in [3.05, 3.63) is 57.0 Å². The van der Waals surface area contributed by atoms with Crippen LogP contribution in [0.3, 0.4) is 0 Å². The van der Waals surface area contributed by atoms with Gasteiger partial charge in [-0.05, 0) is 66.8 Å². The lowest BCUT2D eigenvalue weighted by atomic mass is 9.93. The fourth-order valence-corrected chi connectivity index (χ4v) is 2.99. The number of rotatable bonds is 6. The molecule has 25 heavy (non-hydrogen) atoms. The number of hydrogen-bond acceptors (Lipinski definition) is 2. The van der Waals surface area contributed by atoms with Gasteiger partial charge >= 0.3 is 0 Å². The zero-order valence-electron chi connectivity index (χ0n) is 15.2. The van der Waals surface area contributed by atoms with E-state index in [9.17, 15) is 5.11 Å². The number of benzene rings is 2. The van der Waals surface area contributed by atoms with Crippen molar-refractivity contribution in [2.45, 2.75) is 58.8 Å². The molecule has 0 amide bonds. The van der Waals surface area contributed by atoms with Crippen LogP contribution in [0.25, 0.3) is 0 Å². The van der Waals surface area contributed by atoms with Crippen molar-refractivity contribution in [1.82, 2.24) is 0 Å². The second kappa shape index (κ2) is 11.4. The molecule has 2 rings (SSSR count). The van der Waals surface area contributed by atoms with Crippen molar-refractivity contribution in [2.24, 2.45) is 0 Å². The summed E-state index contributed by atoms with van der Waals surface area (Å²) in [6, 6.07) is 10.5. The summed E-state index contributed by atoms with van der Waals surface area (Å²) < 4.78 is 0.982. The number of phenols is 2. The Labute approximate surface area is 165 Å². The Bertz CT molecular complexity index is 620. The highest BCUT2D eigenvalue weighted by atomic mass is 79.9. The van der Waals surface area contributed by atoms with Crippen LogP contribution in [0.2, 0.25) is 5.02 Å². The first-order chi connectivity index (χ1) is 11.8. The third kappa shape index (κ3) is 8.15. The minimum absolute atomic E-state index is 0.299. The van der Waals surface area contributed by atoms with Gasteiger partial charge in [-0.25, -0.2) is 0 Å². The molecule has 0 aliphatic heterocycles. The first kappa shape index (κ1) is 21.9. The van der Waals surface area contributed by atoms with Gasteiger partial charge in [0.25, 0.3) is 0 Å². The minimum Gasteiger partial charge on any atom is -0.508 e. The standard InChI is InChI=1S/C15H23ClO.C6H5BrO/c1-4-5-6-7-8-11(2)13-10-14(16)12(3)9-15(13)17;7-5-1-3-6(8)4-2-5/h9-11,17H,4-8H2,1-3H3;1-4,8H. The van der Waals surface area contributed by atoms with E-state index < -0.39 is 0 Å². The topological polar surface area (TPSA) is 40.5 Å². The molecule has 0 fully saturated rings. The first-order valence-corrected chi connectivity index (χ1v) is 9.95. The van der Waals surface area contributed by atoms with Crippen LogP contribution in [0.1, 0.15) is 63.0 Å². The quantitative estimate of drug-likeness (QED) is 0.466. The van der Waals surface area contributed by atoms with Crippen molar-refractivity contribution < 1.29 is 10.2 Å². The van der Waals surface area contributed by atoms with Crippen molar-refractivity contribution >= 4 is 27.5 Å². The van der Waals surface area contributed by atoms with Gasteiger partial charge in [0.1, 0.15) is 11.5 Å². The zero-order valence-corrected chi connectivity index (χ0v) is 17.6. The van der Waals surface area contributed by atoms with Crippen molar-refractivity contribution in [2.75, 3.05) is 0 Å². The summed E-state index contributed by atoms with van der Waals surface area (Å²) in [5, 5.41) is 19.4. The molecule has 0 radical (unpaired) electrons. The highest BCUT2D eigenvalue weighted by molar-refractivity contribution is 9.10. The van der Waals surface area contributed by atoms with Gasteiger partial charge in [-0.2, -0.15) is 0 Å². The molecule has 0 aromatic heterocycles. The van der Waals surface area contributed by atoms with Crippen molar-refractivity contribution in [1.29, 1.82) is 0 Å². The summed E-state index contributed by atoms with van der Waals surface area (Å²) in [6.45, 7) is 6.29. The highest BCUT2D eigenvalue weighted by Crippen LogP contribution is 2.33. The molecule has 0 heterocycles. The molecule has 0 aliphatic carbocycles. The molecular weight excluding hydrogens is 400 g/mol. The molecule has 0 spiro atoms. The van der Waals surface area contributed by atoms with E-state index in [1.807, 2.05) is 13.0 Å². The molecule has 0 saturated carbocycles. The lowest BCUT2D eigenvalue weighted by Crippen LogP contribution is -1.95. The number of aromatic hydroxyl groups is 2. The summed E-state index contributed by atoms with van der Waals surface area (Å²) >= 11 is 9.34. The van der Waals surface area contributed by atoms with Crippen molar-refractivity contribution in [3.8, 4) is 11.5 Å². The molecule has 2 aromatic rings. The van der Waals surface area contributed by atoms with Crippen LogP contribution in [0.4, 0.5) is 0 Å². The Morgan fingerprint density at radius 2 is 1.68 bits per heavy atom. The Morgan fingerprint density at radius 1 is 1.04 bits per heavy atom. The van der Waals surface area contributed by atoms with E-state index in [1.165, 1.54) is 25.7 Å².